The first-order chi connectivity index (χ1) is 12.6. The van der Waals surface area contributed by atoms with Crippen molar-refractivity contribution in [3.63, 3.8) is 0 Å². The molecular formula is C20H29N3O3. The average Bonchev–Trinajstić information content (AvgIpc) is 3.10. The van der Waals surface area contributed by atoms with Crippen molar-refractivity contribution in [2.45, 2.75) is 44.9 Å². The van der Waals surface area contributed by atoms with Crippen LogP contribution in [0.5, 0.6) is 0 Å². The summed E-state index contributed by atoms with van der Waals surface area (Å²) in [5, 5.41) is 0. The van der Waals surface area contributed by atoms with Gasteiger partial charge in [-0.05, 0) is 49.7 Å². The number of carbonyl (C=O) groups is 2. The van der Waals surface area contributed by atoms with Crippen LogP contribution in [0.4, 0.5) is 5.69 Å². The Morgan fingerprint density at radius 2 is 1.73 bits per heavy atom. The molecule has 0 N–H and O–H groups in total. The fourth-order valence-corrected chi connectivity index (χ4v) is 4.16. The van der Waals surface area contributed by atoms with Crippen molar-refractivity contribution in [1.29, 1.82) is 0 Å². The van der Waals surface area contributed by atoms with Crippen molar-refractivity contribution < 1.29 is 14.3 Å². The molecular weight excluding hydrogens is 330 g/mol. The molecule has 1 amide bonds. The minimum absolute atomic E-state index is 0.196. The number of carbonyl (C=O) groups excluding carboxylic acids is 2. The standard InChI is InChI=1S/C20H29N3O3/c1-26-19(25)5-3-2-4-18(24)23-15-10-20(16-23)8-13-22(14-9-20)17-6-11-21-12-7-17/h6-7,11-12H,2-5,8-10,13-16H2,1H3. The first-order valence-corrected chi connectivity index (χ1v) is 9.61. The summed E-state index contributed by atoms with van der Waals surface area (Å²) in [6.07, 6.45) is 9.50. The van der Waals surface area contributed by atoms with Gasteiger partial charge in [0.05, 0.1) is 7.11 Å². The van der Waals surface area contributed by atoms with Crippen LogP contribution in [-0.2, 0) is 14.3 Å². The molecule has 6 nitrogen and oxygen atoms in total. The Balaban J connectivity index is 1.42. The number of piperidine rings is 1. The molecule has 26 heavy (non-hydrogen) atoms. The van der Waals surface area contributed by atoms with Crippen molar-refractivity contribution in [3.8, 4) is 0 Å². The van der Waals surface area contributed by atoms with Crippen LogP contribution in [-0.4, -0.2) is 55.0 Å². The second-order valence-electron chi connectivity index (χ2n) is 7.54. The van der Waals surface area contributed by atoms with E-state index in [-0.39, 0.29) is 11.9 Å². The van der Waals surface area contributed by atoms with Crippen molar-refractivity contribution >= 4 is 17.6 Å². The van der Waals surface area contributed by atoms with E-state index in [2.05, 4.69) is 26.8 Å². The lowest BCUT2D eigenvalue weighted by Crippen LogP contribution is -2.42. The van der Waals surface area contributed by atoms with Gasteiger partial charge in [-0.15, -0.1) is 0 Å². The van der Waals surface area contributed by atoms with E-state index in [0.29, 0.717) is 18.3 Å². The van der Waals surface area contributed by atoms with Gasteiger partial charge in [0.1, 0.15) is 0 Å². The number of nitrogens with zero attached hydrogens (tertiary/aromatic N) is 3. The van der Waals surface area contributed by atoms with E-state index in [1.807, 2.05) is 17.3 Å². The van der Waals surface area contributed by atoms with Gasteiger partial charge in [-0.2, -0.15) is 0 Å². The summed E-state index contributed by atoms with van der Waals surface area (Å²) in [4.78, 5) is 32.1. The molecule has 0 atom stereocenters. The zero-order chi connectivity index (χ0) is 18.4. The summed E-state index contributed by atoms with van der Waals surface area (Å²) >= 11 is 0. The van der Waals surface area contributed by atoms with E-state index >= 15 is 0 Å². The highest BCUT2D eigenvalue weighted by molar-refractivity contribution is 5.76. The fraction of sp³-hybridized carbons (Fsp3) is 0.650. The molecule has 0 radical (unpaired) electrons. The van der Waals surface area contributed by atoms with E-state index in [1.54, 1.807) is 0 Å². The van der Waals surface area contributed by atoms with E-state index in [1.165, 1.54) is 12.8 Å². The van der Waals surface area contributed by atoms with Crippen molar-refractivity contribution in [3.05, 3.63) is 24.5 Å². The average molecular weight is 359 g/mol. The van der Waals surface area contributed by atoms with Crippen LogP contribution < -0.4 is 4.90 Å². The number of ether oxygens (including phenoxy) is 1. The number of anilines is 1. The molecule has 3 heterocycles. The van der Waals surface area contributed by atoms with Gasteiger partial charge in [-0.25, -0.2) is 0 Å². The molecule has 2 fully saturated rings. The molecule has 0 bridgehead atoms. The Bertz CT molecular complexity index is 612. The number of pyridine rings is 1. The third-order valence-corrected chi connectivity index (χ3v) is 5.89. The van der Waals surface area contributed by atoms with Crippen LogP contribution >= 0.6 is 0 Å². The largest absolute Gasteiger partial charge is 0.469 e. The van der Waals surface area contributed by atoms with Gasteiger partial charge < -0.3 is 14.5 Å². The lowest BCUT2D eigenvalue weighted by molar-refractivity contribution is -0.141. The Labute approximate surface area is 155 Å². The number of esters is 1. The van der Waals surface area contributed by atoms with Gasteiger partial charge in [0.25, 0.3) is 0 Å². The highest BCUT2D eigenvalue weighted by Crippen LogP contribution is 2.41. The van der Waals surface area contributed by atoms with E-state index in [0.717, 1.165) is 58.3 Å². The quantitative estimate of drug-likeness (QED) is 0.577. The number of aromatic nitrogens is 1. The molecule has 3 rings (SSSR count). The van der Waals surface area contributed by atoms with E-state index in [9.17, 15) is 9.59 Å². The zero-order valence-electron chi connectivity index (χ0n) is 15.7. The smallest absolute Gasteiger partial charge is 0.305 e. The van der Waals surface area contributed by atoms with Crippen molar-refractivity contribution in [2.75, 3.05) is 38.2 Å². The molecule has 2 aliphatic rings. The first-order valence-electron chi connectivity index (χ1n) is 9.61. The maximum atomic E-state index is 12.5. The van der Waals surface area contributed by atoms with Crippen LogP contribution in [0, 0.1) is 5.41 Å². The Kier molecular flexibility index (Phi) is 6.12. The molecule has 0 aliphatic carbocycles. The van der Waals surface area contributed by atoms with Crippen LogP contribution in [0.3, 0.4) is 0 Å². The van der Waals surface area contributed by atoms with Gasteiger partial charge in [0.15, 0.2) is 0 Å². The summed E-state index contributed by atoms with van der Waals surface area (Å²) in [6.45, 7) is 3.87. The topological polar surface area (TPSA) is 62.7 Å². The molecule has 2 saturated heterocycles. The minimum atomic E-state index is -0.196. The molecule has 0 saturated carbocycles. The maximum absolute atomic E-state index is 12.5. The highest BCUT2D eigenvalue weighted by Gasteiger charge is 2.41. The SMILES string of the molecule is COC(=O)CCCCC(=O)N1CCC2(CCN(c3ccncc3)CC2)C1. The van der Waals surface area contributed by atoms with Gasteiger partial charge in [0, 0.05) is 57.1 Å². The van der Waals surface area contributed by atoms with Crippen molar-refractivity contribution in [1.82, 2.24) is 9.88 Å². The highest BCUT2D eigenvalue weighted by atomic mass is 16.5. The van der Waals surface area contributed by atoms with Gasteiger partial charge in [-0.3, -0.25) is 14.6 Å². The number of methoxy groups -OCH3 is 1. The van der Waals surface area contributed by atoms with E-state index in [4.69, 9.17) is 0 Å². The molecule has 0 unspecified atom stereocenters. The van der Waals surface area contributed by atoms with Crippen LogP contribution in [0.15, 0.2) is 24.5 Å². The molecule has 0 aromatic carbocycles. The summed E-state index contributed by atoms with van der Waals surface area (Å²) in [5.41, 5.74) is 1.54. The molecule has 1 spiro atoms. The number of unbranched alkanes of at least 4 members (excludes halogenated alkanes) is 1. The maximum Gasteiger partial charge on any atom is 0.305 e. The summed E-state index contributed by atoms with van der Waals surface area (Å²) in [6, 6.07) is 4.13. The normalized spacial score (nSPS) is 19.0. The molecule has 1 aromatic heterocycles. The third-order valence-electron chi connectivity index (χ3n) is 5.89. The lowest BCUT2D eigenvalue weighted by Gasteiger charge is -2.40. The number of hydrogen-bond acceptors (Lipinski definition) is 5. The third kappa shape index (κ3) is 4.54. The van der Waals surface area contributed by atoms with Crippen molar-refractivity contribution in [2.24, 2.45) is 5.41 Å². The van der Waals surface area contributed by atoms with Crippen LogP contribution in [0.1, 0.15) is 44.9 Å². The number of amides is 1. The summed E-state index contributed by atoms with van der Waals surface area (Å²) in [5.74, 6) is 0.0434. The zero-order valence-corrected chi connectivity index (χ0v) is 15.7. The number of likely N-dealkylation sites (tertiary alicyclic amines) is 1. The Morgan fingerprint density at radius 1 is 1.08 bits per heavy atom. The number of hydrogen-bond donors (Lipinski definition) is 0. The van der Waals surface area contributed by atoms with Crippen LogP contribution in [0.25, 0.3) is 0 Å². The van der Waals surface area contributed by atoms with Gasteiger partial charge in [0.2, 0.25) is 5.91 Å². The number of rotatable bonds is 6. The Morgan fingerprint density at radius 3 is 2.42 bits per heavy atom. The summed E-state index contributed by atoms with van der Waals surface area (Å²) < 4.78 is 4.63. The van der Waals surface area contributed by atoms with E-state index < -0.39 is 0 Å². The van der Waals surface area contributed by atoms with Gasteiger partial charge in [-0.1, -0.05) is 0 Å². The lowest BCUT2D eigenvalue weighted by atomic mass is 9.77. The molecule has 1 aromatic rings. The molecule has 2 aliphatic heterocycles. The molecule has 6 heteroatoms. The monoisotopic (exact) mass is 359 g/mol. The van der Waals surface area contributed by atoms with Gasteiger partial charge >= 0.3 is 5.97 Å². The second kappa shape index (κ2) is 8.52. The minimum Gasteiger partial charge on any atom is -0.469 e. The molecule has 142 valence electrons. The summed E-state index contributed by atoms with van der Waals surface area (Å²) in [7, 11) is 1.40. The fourth-order valence-electron chi connectivity index (χ4n) is 4.16. The Hall–Kier alpha value is -2.11. The van der Waals surface area contributed by atoms with Crippen LogP contribution in [0.2, 0.25) is 0 Å². The predicted octanol–water partition coefficient (Wildman–Crippen LogP) is 2.63. The first kappa shape index (κ1) is 18.7. The predicted molar refractivity (Wildman–Crippen MR) is 99.8 cm³/mol. The second-order valence-corrected chi connectivity index (χ2v) is 7.54.